The first-order valence-electron chi connectivity index (χ1n) is 7.56. The number of aryl methyl sites for hydroxylation is 1. The molecular weight excluding hydrogens is 338 g/mol. The number of piperidine rings is 1. The molecule has 6 nitrogen and oxygen atoms in total. The van der Waals surface area contributed by atoms with Gasteiger partial charge in [0.25, 0.3) is 5.91 Å². The van der Waals surface area contributed by atoms with E-state index in [1.807, 2.05) is 0 Å². The fraction of sp³-hybridized carbons (Fsp3) is 0.533. The summed E-state index contributed by atoms with van der Waals surface area (Å²) in [5, 5.41) is 2.68. The Labute approximate surface area is 143 Å². The van der Waals surface area contributed by atoms with Gasteiger partial charge in [-0.2, -0.15) is 4.31 Å². The van der Waals surface area contributed by atoms with Crippen LogP contribution in [0.25, 0.3) is 0 Å². The molecule has 0 spiro atoms. The molecule has 0 aliphatic carbocycles. The Hall–Kier alpha value is -1.15. The summed E-state index contributed by atoms with van der Waals surface area (Å²) < 4.78 is 26.8. The van der Waals surface area contributed by atoms with E-state index in [0.717, 1.165) is 24.8 Å². The molecule has 8 heteroatoms. The molecule has 1 saturated heterocycles. The summed E-state index contributed by atoms with van der Waals surface area (Å²) in [5.41, 5.74) is 6.50. The molecule has 0 aromatic heterocycles. The standard InChI is InChI=1S/C15H23N3O3S.ClH/c1-12-5-6-13(11-14(12)15(19)17-8-7-16)22(20,21)18-9-3-2-4-10-18;/h5-6,11H,2-4,7-10,16H2,1H3,(H,17,19);1H. The second kappa shape index (κ2) is 8.63. The number of sulfonamides is 1. The molecule has 0 saturated carbocycles. The van der Waals surface area contributed by atoms with Crippen LogP contribution < -0.4 is 11.1 Å². The maximum Gasteiger partial charge on any atom is 0.251 e. The van der Waals surface area contributed by atoms with Crippen LogP contribution in [0.5, 0.6) is 0 Å². The average molecular weight is 362 g/mol. The zero-order valence-corrected chi connectivity index (χ0v) is 14.9. The predicted octanol–water partition coefficient (Wildman–Crippen LogP) is 1.28. The van der Waals surface area contributed by atoms with E-state index in [0.29, 0.717) is 31.7 Å². The van der Waals surface area contributed by atoms with Gasteiger partial charge >= 0.3 is 0 Å². The molecule has 1 aromatic rings. The summed E-state index contributed by atoms with van der Waals surface area (Å²) in [6.07, 6.45) is 2.83. The van der Waals surface area contributed by atoms with Gasteiger partial charge in [-0.1, -0.05) is 12.5 Å². The lowest BCUT2D eigenvalue weighted by molar-refractivity contribution is 0.0954. The van der Waals surface area contributed by atoms with E-state index in [9.17, 15) is 13.2 Å². The van der Waals surface area contributed by atoms with E-state index < -0.39 is 10.0 Å². The molecule has 130 valence electrons. The lowest BCUT2D eigenvalue weighted by Crippen LogP contribution is -2.36. The van der Waals surface area contributed by atoms with Crippen LogP contribution in [0.3, 0.4) is 0 Å². The maximum atomic E-state index is 12.7. The fourth-order valence-electron chi connectivity index (χ4n) is 2.54. The SMILES string of the molecule is Cc1ccc(S(=O)(=O)N2CCCCC2)cc1C(=O)NCCN.Cl. The zero-order chi connectivity index (χ0) is 16.2. The Morgan fingerprint density at radius 3 is 2.52 bits per heavy atom. The Bertz CT molecular complexity index is 643. The molecule has 3 N–H and O–H groups in total. The minimum absolute atomic E-state index is 0. The number of halogens is 1. The van der Waals surface area contributed by atoms with Crippen molar-refractivity contribution in [1.82, 2.24) is 9.62 Å². The molecule has 0 unspecified atom stereocenters. The Morgan fingerprint density at radius 1 is 1.26 bits per heavy atom. The minimum atomic E-state index is -3.53. The second-order valence-electron chi connectivity index (χ2n) is 5.49. The molecule has 23 heavy (non-hydrogen) atoms. The van der Waals surface area contributed by atoms with Crippen molar-refractivity contribution in [2.24, 2.45) is 5.73 Å². The number of carbonyl (C=O) groups is 1. The van der Waals surface area contributed by atoms with Gasteiger partial charge in [-0.05, 0) is 37.5 Å². The van der Waals surface area contributed by atoms with E-state index in [-0.39, 0.29) is 23.2 Å². The highest BCUT2D eigenvalue weighted by atomic mass is 35.5. The van der Waals surface area contributed by atoms with Crippen molar-refractivity contribution in [2.45, 2.75) is 31.1 Å². The normalized spacial score (nSPS) is 15.7. The van der Waals surface area contributed by atoms with Crippen molar-refractivity contribution < 1.29 is 13.2 Å². The Balaban J connectivity index is 0.00000264. The van der Waals surface area contributed by atoms with Crippen LogP contribution in [0.2, 0.25) is 0 Å². The quantitative estimate of drug-likeness (QED) is 0.826. The number of carbonyl (C=O) groups excluding carboxylic acids is 1. The van der Waals surface area contributed by atoms with E-state index >= 15 is 0 Å². The van der Waals surface area contributed by atoms with Crippen LogP contribution >= 0.6 is 12.4 Å². The van der Waals surface area contributed by atoms with Crippen LogP contribution in [0.1, 0.15) is 35.2 Å². The van der Waals surface area contributed by atoms with Gasteiger partial charge in [0.15, 0.2) is 0 Å². The van der Waals surface area contributed by atoms with E-state index in [2.05, 4.69) is 5.32 Å². The number of hydrogen-bond donors (Lipinski definition) is 2. The van der Waals surface area contributed by atoms with Gasteiger partial charge in [-0.15, -0.1) is 12.4 Å². The third-order valence-corrected chi connectivity index (χ3v) is 5.73. The summed E-state index contributed by atoms with van der Waals surface area (Å²) in [6.45, 7) is 3.59. The molecule has 1 aliphatic heterocycles. The van der Waals surface area contributed by atoms with Gasteiger partial charge < -0.3 is 11.1 Å². The number of amides is 1. The van der Waals surface area contributed by atoms with Crippen molar-refractivity contribution in [3.8, 4) is 0 Å². The highest BCUT2D eigenvalue weighted by molar-refractivity contribution is 7.89. The molecule has 1 amide bonds. The molecule has 0 radical (unpaired) electrons. The van der Waals surface area contributed by atoms with Gasteiger partial charge in [-0.3, -0.25) is 4.79 Å². The smallest absolute Gasteiger partial charge is 0.251 e. The molecule has 1 heterocycles. The molecule has 2 rings (SSSR count). The molecular formula is C15H24ClN3O3S. The van der Waals surface area contributed by atoms with Crippen molar-refractivity contribution in [3.05, 3.63) is 29.3 Å². The first-order chi connectivity index (χ1) is 10.5. The van der Waals surface area contributed by atoms with Gasteiger partial charge in [0, 0.05) is 31.7 Å². The number of nitrogens with zero attached hydrogens (tertiary/aromatic N) is 1. The van der Waals surface area contributed by atoms with E-state index in [4.69, 9.17) is 5.73 Å². The number of nitrogens with two attached hydrogens (primary N) is 1. The van der Waals surface area contributed by atoms with Crippen molar-refractivity contribution in [3.63, 3.8) is 0 Å². The van der Waals surface area contributed by atoms with Crippen LogP contribution in [-0.4, -0.2) is 44.8 Å². The lowest BCUT2D eigenvalue weighted by Gasteiger charge is -2.26. The minimum Gasteiger partial charge on any atom is -0.351 e. The van der Waals surface area contributed by atoms with Crippen molar-refractivity contribution in [2.75, 3.05) is 26.2 Å². The van der Waals surface area contributed by atoms with Crippen LogP contribution in [0, 0.1) is 6.92 Å². The number of hydrogen-bond acceptors (Lipinski definition) is 4. The number of nitrogens with one attached hydrogen (secondary N) is 1. The topological polar surface area (TPSA) is 92.5 Å². The Kier molecular flexibility index (Phi) is 7.47. The van der Waals surface area contributed by atoms with Crippen LogP contribution in [0.4, 0.5) is 0 Å². The summed E-state index contributed by atoms with van der Waals surface area (Å²) >= 11 is 0. The van der Waals surface area contributed by atoms with Crippen LogP contribution in [-0.2, 0) is 10.0 Å². The molecule has 0 atom stereocenters. The molecule has 0 bridgehead atoms. The van der Waals surface area contributed by atoms with Crippen LogP contribution in [0.15, 0.2) is 23.1 Å². The molecule has 1 aromatic carbocycles. The molecule has 1 aliphatic rings. The van der Waals surface area contributed by atoms with Gasteiger partial charge in [0.2, 0.25) is 10.0 Å². The highest BCUT2D eigenvalue weighted by Gasteiger charge is 2.26. The monoisotopic (exact) mass is 361 g/mol. The van der Waals surface area contributed by atoms with Crippen molar-refractivity contribution >= 4 is 28.3 Å². The lowest BCUT2D eigenvalue weighted by atomic mass is 10.1. The Morgan fingerprint density at radius 2 is 1.91 bits per heavy atom. The average Bonchev–Trinajstić information content (AvgIpc) is 2.53. The summed E-state index contributed by atoms with van der Waals surface area (Å²) in [5.74, 6) is -0.293. The van der Waals surface area contributed by atoms with E-state index in [1.54, 1.807) is 19.1 Å². The summed E-state index contributed by atoms with van der Waals surface area (Å²) in [6, 6.07) is 4.71. The largest absolute Gasteiger partial charge is 0.351 e. The molecule has 1 fully saturated rings. The fourth-order valence-corrected chi connectivity index (χ4v) is 4.09. The van der Waals surface area contributed by atoms with Crippen molar-refractivity contribution in [1.29, 1.82) is 0 Å². The second-order valence-corrected chi connectivity index (χ2v) is 7.42. The summed E-state index contributed by atoms with van der Waals surface area (Å²) in [7, 11) is -3.53. The summed E-state index contributed by atoms with van der Waals surface area (Å²) in [4.78, 5) is 12.3. The maximum absolute atomic E-state index is 12.7. The zero-order valence-electron chi connectivity index (χ0n) is 13.2. The third kappa shape index (κ3) is 4.67. The number of rotatable bonds is 5. The highest BCUT2D eigenvalue weighted by Crippen LogP contribution is 2.22. The van der Waals surface area contributed by atoms with E-state index in [1.165, 1.54) is 10.4 Å². The third-order valence-electron chi connectivity index (χ3n) is 3.84. The van der Waals surface area contributed by atoms with Gasteiger partial charge in [0.1, 0.15) is 0 Å². The first-order valence-corrected chi connectivity index (χ1v) is 9.00. The van der Waals surface area contributed by atoms with Gasteiger partial charge in [0.05, 0.1) is 4.90 Å². The van der Waals surface area contributed by atoms with Gasteiger partial charge in [-0.25, -0.2) is 8.42 Å². The first kappa shape index (κ1) is 19.9. The predicted molar refractivity (Wildman–Crippen MR) is 92.4 cm³/mol. The number of benzene rings is 1.